The molecule has 1 atom stereocenters. The van der Waals surface area contributed by atoms with Crippen LogP contribution in [0.15, 0.2) is 12.3 Å². The Bertz CT molecular complexity index is 507. The van der Waals surface area contributed by atoms with E-state index in [2.05, 4.69) is 23.3 Å². The fourth-order valence-electron chi connectivity index (χ4n) is 2.40. The fourth-order valence-corrected chi connectivity index (χ4v) is 3.68. The lowest BCUT2D eigenvalue weighted by Crippen LogP contribution is -2.16. The zero-order chi connectivity index (χ0) is 11.8. The maximum Gasteiger partial charge on any atom is 0.0833 e. The van der Waals surface area contributed by atoms with E-state index in [0.717, 1.165) is 12.2 Å². The molecule has 1 unspecified atom stereocenters. The van der Waals surface area contributed by atoms with Crippen molar-refractivity contribution in [3.63, 3.8) is 0 Å². The van der Waals surface area contributed by atoms with Crippen molar-refractivity contribution in [1.29, 1.82) is 0 Å². The first-order chi connectivity index (χ1) is 8.29. The van der Waals surface area contributed by atoms with Gasteiger partial charge in [0.05, 0.1) is 17.9 Å². The summed E-state index contributed by atoms with van der Waals surface area (Å²) in [6.45, 7) is 2.87. The zero-order valence-electron chi connectivity index (χ0n) is 9.89. The third kappa shape index (κ3) is 1.79. The summed E-state index contributed by atoms with van der Waals surface area (Å²) in [4.78, 5) is 2.76. The Hall–Kier alpha value is -1.20. The van der Waals surface area contributed by atoms with E-state index in [1.165, 1.54) is 34.6 Å². The summed E-state index contributed by atoms with van der Waals surface area (Å²) in [6, 6.07) is 2.19. The van der Waals surface area contributed by atoms with Gasteiger partial charge in [-0.15, -0.1) is 16.4 Å². The Balaban J connectivity index is 1.93. The maximum absolute atomic E-state index is 6.31. The topological polar surface area (TPSA) is 56.7 Å². The molecule has 4 nitrogen and oxygen atoms in total. The van der Waals surface area contributed by atoms with Crippen LogP contribution < -0.4 is 5.73 Å². The van der Waals surface area contributed by atoms with E-state index in [0.29, 0.717) is 0 Å². The van der Waals surface area contributed by atoms with Gasteiger partial charge in [-0.1, -0.05) is 5.21 Å². The second-order valence-electron chi connectivity index (χ2n) is 4.40. The Morgan fingerprint density at radius 1 is 1.53 bits per heavy atom. The number of aromatic nitrogens is 3. The Labute approximate surface area is 104 Å². The van der Waals surface area contributed by atoms with Crippen LogP contribution in [0.1, 0.15) is 40.4 Å². The zero-order valence-corrected chi connectivity index (χ0v) is 10.7. The van der Waals surface area contributed by atoms with E-state index >= 15 is 0 Å². The molecule has 0 bridgehead atoms. The van der Waals surface area contributed by atoms with Crippen molar-refractivity contribution in [2.24, 2.45) is 5.73 Å². The molecule has 3 rings (SSSR count). The van der Waals surface area contributed by atoms with Crippen LogP contribution in [0.2, 0.25) is 0 Å². The van der Waals surface area contributed by atoms with Gasteiger partial charge < -0.3 is 5.73 Å². The van der Waals surface area contributed by atoms with Crippen molar-refractivity contribution in [3.8, 4) is 0 Å². The fraction of sp³-hybridized carbons (Fsp3) is 0.500. The quantitative estimate of drug-likeness (QED) is 0.902. The van der Waals surface area contributed by atoms with Gasteiger partial charge in [0.15, 0.2) is 0 Å². The molecule has 2 aromatic heterocycles. The highest BCUT2D eigenvalue weighted by atomic mass is 32.1. The van der Waals surface area contributed by atoms with Crippen molar-refractivity contribution in [2.75, 3.05) is 0 Å². The number of rotatable bonds is 3. The number of nitrogens with two attached hydrogens (primary N) is 1. The monoisotopic (exact) mass is 248 g/mol. The number of hydrogen-bond donors (Lipinski definition) is 1. The van der Waals surface area contributed by atoms with Crippen molar-refractivity contribution < 1.29 is 0 Å². The van der Waals surface area contributed by atoms with Crippen molar-refractivity contribution >= 4 is 11.3 Å². The molecule has 0 saturated heterocycles. The molecule has 2 heterocycles. The molecule has 0 aliphatic heterocycles. The molecule has 0 radical (unpaired) electrons. The lowest BCUT2D eigenvalue weighted by Gasteiger charge is -2.10. The molecule has 5 heteroatoms. The summed E-state index contributed by atoms with van der Waals surface area (Å²) < 4.78 is 1.87. The van der Waals surface area contributed by atoms with Gasteiger partial charge in [-0.25, -0.2) is 4.68 Å². The van der Waals surface area contributed by atoms with E-state index < -0.39 is 0 Å². The lowest BCUT2D eigenvalue weighted by atomic mass is 10.1. The molecule has 1 aliphatic carbocycles. The Kier molecular flexibility index (Phi) is 2.72. The molecule has 90 valence electrons. The Morgan fingerprint density at radius 3 is 3.18 bits per heavy atom. The molecular formula is C12H16N4S. The van der Waals surface area contributed by atoms with E-state index in [1.807, 2.05) is 16.0 Å². The van der Waals surface area contributed by atoms with Gasteiger partial charge in [-0.2, -0.15) is 0 Å². The second kappa shape index (κ2) is 4.23. The van der Waals surface area contributed by atoms with E-state index in [-0.39, 0.29) is 6.04 Å². The van der Waals surface area contributed by atoms with Crippen LogP contribution in [0.3, 0.4) is 0 Å². The third-order valence-corrected chi connectivity index (χ3v) is 4.66. The number of thiophene rings is 1. The van der Waals surface area contributed by atoms with Gasteiger partial charge in [0.2, 0.25) is 0 Å². The predicted octanol–water partition coefficient (Wildman–Crippen LogP) is 1.90. The standard InChI is InChI=1S/C12H16N4S/c1-2-16-9(7-14-15-16)12(13)11-6-8-4-3-5-10(8)17-11/h6-7,12H,2-5,13H2,1H3. The minimum atomic E-state index is -0.0828. The molecular weight excluding hydrogens is 232 g/mol. The molecule has 0 aromatic carbocycles. The SMILES string of the molecule is CCn1nncc1C(N)c1cc2c(s1)CCC2. The second-order valence-corrected chi connectivity index (χ2v) is 5.57. The molecule has 17 heavy (non-hydrogen) atoms. The highest BCUT2D eigenvalue weighted by Gasteiger charge is 2.21. The largest absolute Gasteiger partial charge is 0.318 e. The van der Waals surface area contributed by atoms with Crippen LogP contribution >= 0.6 is 11.3 Å². The normalized spacial score (nSPS) is 16.1. The summed E-state index contributed by atoms with van der Waals surface area (Å²) in [5, 5.41) is 7.98. The smallest absolute Gasteiger partial charge is 0.0833 e. The number of fused-ring (bicyclic) bond motifs is 1. The molecule has 0 saturated carbocycles. The van der Waals surface area contributed by atoms with E-state index in [9.17, 15) is 0 Å². The van der Waals surface area contributed by atoms with Crippen LogP contribution in [-0.2, 0) is 19.4 Å². The third-order valence-electron chi connectivity index (χ3n) is 3.34. The summed E-state index contributed by atoms with van der Waals surface area (Å²) >= 11 is 1.85. The number of hydrogen-bond acceptors (Lipinski definition) is 4. The van der Waals surface area contributed by atoms with Crippen LogP contribution in [0.5, 0.6) is 0 Å². The number of aryl methyl sites for hydroxylation is 3. The summed E-state index contributed by atoms with van der Waals surface area (Å²) in [6.07, 6.45) is 5.51. The van der Waals surface area contributed by atoms with Crippen LogP contribution in [-0.4, -0.2) is 15.0 Å². The van der Waals surface area contributed by atoms with Crippen molar-refractivity contribution in [2.45, 2.75) is 38.8 Å². The first-order valence-corrected chi connectivity index (χ1v) is 6.86. The molecule has 0 amide bonds. The maximum atomic E-state index is 6.31. The molecule has 0 fully saturated rings. The summed E-state index contributed by atoms with van der Waals surface area (Å²) in [7, 11) is 0. The molecule has 0 spiro atoms. The first kappa shape index (κ1) is 10.9. The van der Waals surface area contributed by atoms with Crippen LogP contribution in [0.25, 0.3) is 0 Å². The highest BCUT2D eigenvalue weighted by Crippen LogP contribution is 2.34. The van der Waals surface area contributed by atoms with Crippen LogP contribution in [0, 0.1) is 0 Å². The summed E-state index contributed by atoms with van der Waals surface area (Å²) in [5.41, 5.74) is 8.81. The van der Waals surface area contributed by atoms with Crippen molar-refractivity contribution in [1.82, 2.24) is 15.0 Å². The average molecular weight is 248 g/mol. The van der Waals surface area contributed by atoms with Crippen molar-refractivity contribution in [3.05, 3.63) is 33.3 Å². The molecule has 2 aromatic rings. The molecule has 2 N–H and O–H groups in total. The Morgan fingerprint density at radius 2 is 2.41 bits per heavy atom. The van der Waals surface area contributed by atoms with E-state index in [4.69, 9.17) is 5.73 Å². The molecule has 1 aliphatic rings. The van der Waals surface area contributed by atoms with E-state index in [1.54, 1.807) is 6.20 Å². The van der Waals surface area contributed by atoms with Gasteiger partial charge in [0.1, 0.15) is 0 Å². The van der Waals surface area contributed by atoms with Gasteiger partial charge in [-0.05, 0) is 37.8 Å². The first-order valence-electron chi connectivity index (χ1n) is 6.05. The minimum Gasteiger partial charge on any atom is -0.318 e. The minimum absolute atomic E-state index is 0.0828. The van der Waals surface area contributed by atoms with Gasteiger partial charge >= 0.3 is 0 Å². The van der Waals surface area contributed by atoms with Gasteiger partial charge in [-0.3, -0.25) is 0 Å². The predicted molar refractivity (Wildman–Crippen MR) is 68.1 cm³/mol. The van der Waals surface area contributed by atoms with Gasteiger partial charge in [0.25, 0.3) is 0 Å². The summed E-state index contributed by atoms with van der Waals surface area (Å²) in [5.74, 6) is 0. The van der Waals surface area contributed by atoms with Gasteiger partial charge in [0, 0.05) is 16.3 Å². The highest BCUT2D eigenvalue weighted by molar-refractivity contribution is 7.12. The lowest BCUT2D eigenvalue weighted by molar-refractivity contribution is 0.583. The van der Waals surface area contributed by atoms with Crippen LogP contribution in [0.4, 0.5) is 0 Å². The number of nitrogens with zero attached hydrogens (tertiary/aromatic N) is 3. The average Bonchev–Trinajstić information content (AvgIpc) is 3.02.